The van der Waals surface area contributed by atoms with Crippen LogP contribution < -0.4 is 11.1 Å². The molecule has 0 fully saturated rings. The highest BCUT2D eigenvalue weighted by molar-refractivity contribution is 5.92. The lowest BCUT2D eigenvalue weighted by atomic mass is 10.2. The van der Waals surface area contributed by atoms with Gasteiger partial charge in [0, 0.05) is 7.05 Å². The summed E-state index contributed by atoms with van der Waals surface area (Å²) in [5.41, 5.74) is 5.81. The van der Waals surface area contributed by atoms with Gasteiger partial charge in [-0.05, 0) is 19.1 Å². The molecule has 0 bridgehead atoms. The van der Waals surface area contributed by atoms with Gasteiger partial charge in [-0.25, -0.2) is 9.97 Å². The number of anilines is 1. The van der Waals surface area contributed by atoms with Crippen LogP contribution in [0.1, 0.15) is 29.3 Å². The second-order valence-electron chi connectivity index (χ2n) is 3.88. The van der Waals surface area contributed by atoms with Crippen LogP contribution in [0.5, 0.6) is 0 Å². The number of nitrogens with two attached hydrogens (primary N) is 1. The van der Waals surface area contributed by atoms with Crippen molar-refractivity contribution in [3.63, 3.8) is 0 Å². The first-order chi connectivity index (χ1) is 8.58. The molecule has 0 aliphatic heterocycles. The summed E-state index contributed by atoms with van der Waals surface area (Å²) in [6.45, 7) is 1.83. The van der Waals surface area contributed by atoms with Crippen molar-refractivity contribution in [1.29, 1.82) is 0 Å². The maximum Gasteiger partial charge on any atom is 0.270 e. The fourth-order valence-electron chi connectivity index (χ4n) is 1.61. The van der Waals surface area contributed by atoms with Crippen LogP contribution in [0.4, 0.5) is 5.82 Å². The van der Waals surface area contributed by atoms with E-state index in [0.717, 1.165) is 0 Å². The van der Waals surface area contributed by atoms with Gasteiger partial charge >= 0.3 is 0 Å². The topological polar surface area (TPSA) is 98.7 Å². The zero-order chi connectivity index (χ0) is 13.1. The SMILES string of the molecule is CC(NC(=O)c1cccc(N)n1)c1ncnn1C. The van der Waals surface area contributed by atoms with E-state index >= 15 is 0 Å². The average Bonchev–Trinajstić information content (AvgIpc) is 2.75. The monoisotopic (exact) mass is 246 g/mol. The Morgan fingerprint density at radius 2 is 2.28 bits per heavy atom. The summed E-state index contributed by atoms with van der Waals surface area (Å²) in [6.07, 6.45) is 1.44. The smallest absolute Gasteiger partial charge is 0.270 e. The molecule has 0 aliphatic carbocycles. The highest BCUT2D eigenvalue weighted by atomic mass is 16.1. The molecule has 1 unspecified atom stereocenters. The Labute approximate surface area is 104 Å². The molecule has 94 valence electrons. The fraction of sp³-hybridized carbons (Fsp3) is 0.273. The Kier molecular flexibility index (Phi) is 3.22. The summed E-state index contributed by atoms with van der Waals surface area (Å²) < 4.78 is 1.61. The molecule has 3 N–H and O–H groups in total. The first kappa shape index (κ1) is 12.0. The number of carbonyl (C=O) groups excluding carboxylic acids is 1. The summed E-state index contributed by atoms with van der Waals surface area (Å²) in [5.74, 6) is 0.694. The third-order valence-corrected chi connectivity index (χ3v) is 2.48. The number of nitrogen functional groups attached to an aromatic ring is 1. The van der Waals surface area contributed by atoms with E-state index in [-0.39, 0.29) is 17.6 Å². The lowest BCUT2D eigenvalue weighted by Crippen LogP contribution is -2.29. The van der Waals surface area contributed by atoms with Crippen LogP contribution in [0.25, 0.3) is 0 Å². The summed E-state index contributed by atoms with van der Waals surface area (Å²) >= 11 is 0. The zero-order valence-corrected chi connectivity index (χ0v) is 10.2. The number of amides is 1. The van der Waals surface area contributed by atoms with Crippen molar-refractivity contribution in [3.8, 4) is 0 Å². The van der Waals surface area contributed by atoms with E-state index in [4.69, 9.17) is 5.73 Å². The number of nitrogens with one attached hydrogen (secondary N) is 1. The van der Waals surface area contributed by atoms with Crippen molar-refractivity contribution < 1.29 is 4.79 Å². The van der Waals surface area contributed by atoms with Crippen LogP contribution in [-0.2, 0) is 7.05 Å². The predicted octanol–water partition coefficient (Wildman–Crippen LogP) is 0.283. The van der Waals surface area contributed by atoms with Gasteiger partial charge in [0.15, 0.2) is 0 Å². The van der Waals surface area contributed by atoms with E-state index in [1.807, 2.05) is 6.92 Å². The van der Waals surface area contributed by atoms with Crippen molar-refractivity contribution in [2.45, 2.75) is 13.0 Å². The van der Waals surface area contributed by atoms with E-state index < -0.39 is 0 Å². The van der Waals surface area contributed by atoms with Gasteiger partial charge in [0.25, 0.3) is 5.91 Å². The van der Waals surface area contributed by atoms with Gasteiger partial charge in [0.05, 0.1) is 6.04 Å². The second kappa shape index (κ2) is 4.82. The van der Waals surface area contributed by atoms with E-state index in [0.29, 0.717) is 11.6 Å². The molecular formula is C11H14N6O. The van der Waals surface area contributed by atoms with Crippen molar-refractivity contribution in [3.05, 3.63) is 36.0 Å². The molecule has 0 radical (unpaired) electrons. The highest BCUT2D eigenvalue weighted by Gasteiger charge is 2.15. The molecule has 2 aromatic heterocycles. The van der Waals surface area contributed by atoms with Gasteiger partial charge in [-0.3, -0.25) is 9.48 Å². The molecule has 0 aliphatic rings. The van der Waals surface area contributed by atoms with Crippen molar-refractivity contribution in [2.75, 3.05) is 5.73 Å². The Morgan fingerprint density at radius 1 is 1.50 bits per heavy atom. The van der Waals surface area contributed by atoms with E-state index in [2.05, 4.69) is 20.4 Å². The molecule has 7 heteroatoms. The van der Waals surface area contributed by atoms with Crippen LogP contribution in [0.3, 0.4) is 0 Å². The van der Waals surface area contributed by atoms with Gasteiger partial charge in [0.1, 0.15) is 23.7 Å². The van der Waals surface area contributed by atoms with Crippen molar-refractivity contribution in [2.24, 2.45) is 7.05 Å². The molecule has 1 amide bonds. The van der Waals surface area contributed by atoms with Crippen molar-refractivity contribution in [1.82, 2.24) is 25.1 Å². The molecule has 0 saturated heterocycles. The van der Waals surface area contributed by atoms with E-state index in [1.54, 1.807) is 29.9 Å². The van der Waals surface area contributed by atoms with Gasteiger partial charge < -0.3 is 11.1 Å². The van der Waals surface area contributed by atoms with Gasteiger partial charge in [-0.2, -0.15) is 5.10 Å². The largest absolute Gasteiger partial charge is 0.384 e. The molecule has 18 heavy (non-hydrogen) atoms. The molecule has 0 spiro atoms. The molecular weight excluding hydrogens is 232 g/mol. The maximum absolute atomic E-state index is 11.9. The lowest BCUT2D eigenvalue weighted by Gasteiger charge is -2.12. The number of aromatic nitrogens is 4. The van der Waals surface area contributed by atoms with Crippen molar-refractivity contribution >= 4 is 11.7 Å². The van der Waals surface area contributed by atoms with Crippen LogP contribution in [0.2, 0.25) is 0 Å². The van der Waals surface area contributed by atoms with E-state index in [1.165, 1.54) is 6.33 Å². The minimum atomic E-state index is -0.294. The Balaban J connectivity index is 2.10. The normalized spacial score (nSPS) is 12.1. The first-order valence-corrected chi connectivity index (χ1v) is 5.45. The van der Waals surface area contributed by atoms with Crippen LogP contribution in [0, 0.1) is 0 Å². The molecule has 2 rings (SSSR count). The van der Waals surface area contributed by atoms with Crippen LogP contribution >= 0.6 is 0 Å². The van der Waals surface area contributed by atoms with Crippen LogP contribution in [0.15, 0.2) is 24.5 Å². The van der Waals surface area contributed by atoms with Gasteiger partial charge in [0.2, 0.25) is 0 Å². The standard InChI is InChI=1S/C11H14N6O/c1-7(10-13-6-14-17(10)2)15-11(18)8-4-3-5-9(12)16-8/h3-7H,1-2H3,(H2,12,16)(H,15,18). The zero-order valence-electron chi connectivity index (χ0n) is 10.2. The Hall–Kier alpha value is -2.44. The maximum atomic E-state index is 11.9. The van der Waals surface area contributed by atoms with Gasteiger partial charge in [-0.1, -0.05) is 6.07 Å². The average molecular weight is 246 g/mol. The second-order valence-corrected chi connectivity index (χ2v) is 3.88. The highest BCUT2D eigenvalue weighted by Crippen LogP contribution is 2.08. The Morgan fingerprint density at radius 3 is 2.89 bits per heavy atom. The number of pyridine rings is 1. The number of nitrogens with zero attached hydrogens (tertiary/aromatic N) is 4. The van der Waals surface area contributed by atoms with Crippen LogP contribution in [-0.4, -0.2) is 25.7 Å². The predicted molar refractivity (Wildman–Crippen MR) is 65.5 cm³/mol. The number of carbonyl (C=O) groups is 1. The summed E-state index contributed by atoms with van der Waals surface area (Å²) in [7, 11) is 1.77. The third-order valence-electron chi connectivity index (χ3n) is 2.48. The number of hydrogen-bond acceptors (Lipinski definition) is 5. The number of hydrogen-bond donors (Lipinski definition) is 2. The number of aryl methyl sites for hydroxylation is 1. The molecule has 7 nitrogen and oxygen atoms in total. The molecule has 0 aromatic carbocycles. The summed E-state index contributed by atoms with van der Waals surface area (Å²) in [5, 5.41) is 6.74. The van der Waals surface area contributed by atoms with Gasteiger partial charge in [-0.15, -0.1) is 0 Å². The third kappa shape index (κ3) is 2.45. The molecule has 2 aromatic rings. The summed E-state index contributed by atoms with van der Waals surface area (Å²) in [4.78, 5) is 20.0. The number of rotatable bonds is 3. The molecule has 1 atom stereocenters. The quantitative estimate of drug-likeness (QED) is 0.810. The fourth-order valence-corrected chi connectivity index (χ4v) is 1.61. The first-order valence-electron chi connectivity index (χ1n) is 5.45. The molecule has 0 saturated carbocycles. The lowest BCUT2D eigenvalue weighted by molar-refractivity contribution is 0.0933. The molecule has 2 heterocycles. The minimum absolute atomic E-state index is 0.256. The van der Waals surface area contributed by atoms with E-state index in [9.17, 15) is 4.79 Å². The minimum Gasteiger partial charge on any atom is -0.384 e. The summed E-state index contributed by atoms with van der Waals surface area (Å²) in [6, 6.07) is 4.66. The Bertz CT molecular complexity index is 564.